The zero-order valence-electron chi connectivity index (χ0n) is 23.2. The Morgan fingerprint density at radius 3 is 2.32 bits per heavy atom. The van der Waals surface area contributed by atoms with Gasteiger partial charge in [0.2, 0.25) is 17.7 Å². The lowest BCUT2D eigenvalue weighted by Crippen LogP contribution is -2.57. The molecule has 0 aromatic rings. The smallest absolute Gasteiger partial charge is 0.248 e. The van der Waals surface area contributed by atoms with Crippen molar-refractivity contribution in [1.29, 1.82) is 0 Å². The van der Waals surface area contributed by atoms with Crippen LogP contribution in [0.1, 0.15) is 65.2 Å². The van der Waals surface area contributed by atoms with Gasteiger partial charge in [-0.2, -0.15) is 0 Å². The van der Waals surface area contributed by atoms with Crippen LogP contribution in [0.25, 0.3) is 0 Å². The fraction of sp³-hybridized carbons (Fsp3) is 0.759. The van der Waals surface area contributed by atoms with Gasteiger partial charge in [0.25, 0.3) is 0 Å². The number of fused-ring (bicyclic) bond motifs is 1. The van der Waals surface area contributed by atoms with E-state index in [2.05, 4.69) is 36.0 Å². The van der Waals surface area contributed by atoms with Gasteiger partial charge in [-0.1, -0.05) is 61.2 Å². The molecule has 0 aliphatic carbocycles. The van der Waals surface area contributed by atoms with E-state index in [1.165, 1.54) is 0 Å². The summed E-state index contributed by atoms with van der Waals surface area (Å²) in [6.45, 7) is 14.3. The van der Waals surface area contributed by atoms with Crippen molar-refractivity contribution in [2.24, 2.45) is 11.8 Å². The predicted octanol–water partition coefficient (Wildman–Crippen LogP) is 3.53. The number of unbranched alkanes of at least 4 members (excludes halogenated alkanes) is 4. The monoisotopic (exact) mass is 595 g/mol. The summed E-state index contributed by atoms with van der Waals surface area (Å²) in [6.07, 6.45) is 9.27. The van der Waals surface area contributed by atoms with Crippen molar-refractivity contribution in [2.45, 2.75) is 87.8 Å². The third-order valence-corrected chi connectivity index (χ3v) is 9.06. The number of carbonyl (C=O) groups excluding carboxylic acids is 3. The molecule has 3 saturated heterocycles. The highest BCUT2D eigenvalue weighted by atomic mass is 79.9. The molecule has 214 valence electrons. The van der Waals surface area contributed by atoms with Gasteiger partial charge in [-0.15, -0.1) is 13.2 Å². The van der Waals surface area contributed by atoms with Gasteiger partial charge in [0.15, 0.2) is 0 Å². The number of ether oxygens (including phenoxy) is 1. The van der Waals surface area contributed by atoms with Crippen LogP contribution in [-0.4, -0.2) is 99.4 Å². The van der Waals surface area contributed by atoms with Crippen molar-refractivity contribution in [3.63, 3.8) is 0 Å². The predicted molar refractivity (Wildman–Crippen MR) is 152 cm³/mol. The molecule has 3 rings (SSSR count). The van der Waals surface area contributed by atoms with Gasteiger partial charge >= 0.3 is 0 Å². The largest absolute Gasteiger partial charge is 0.396 e. The van der Waals surface area contributed by atoms with Gasteiger partial charge in [0, 0.05) is 44.2 Å². The number of hydrogen-bond donors (Lipinski definition) is 1. The average Bonchev–Trinajstić information content (AvgIpc) is 3.49. The van der Waals surface area contributed by atoms with E-state index in [9.17, 15) is 14.4 Å². The van der Waals surface area contributed by atoms with E-state index in [1.807, 2.05) is 6.92 Å². The molecule has 8 nitrogen and oxygen atoms in total. The maximum absolute atomic E-state index is 14.2. The van der Waals surface area contributed by atoms with Gasteiger partial charge in [0.1, 0.15) is 11.6 Å². The third kappa shape index (κ3) is 5.89. The number of alkyl halides is 1. The van der Waals surface area contributed by atoms with E-state index in [1.54, 1.807) is 26.9 Å². The van der Waals surface area contributed by atoms with E-state index in [0.29, 0.717) is 39.1 Å². The lowest BCUT2D eigenvalue weighted by atomic mass is 9.70. The fourth-order valence-corrected chi connectivity index (χ4v) is 7.52. The maximum Gasteiger partial charge on any atom is 0.248 e. The first-order valence-electron chi connectivity index (χ1n) is 14.3. The Bertz CT molecular complexity index is 869. The van der Waals surface area contributed by atoms with Crippen LogP contribution >= 0.6 is 15.9 Å². The number of likely N-dealkylation sites (tertiary alicyclic amines) is 1. The maximum atomic E-state index is 14.2. The zero-order valence-corrected chi connectivity index (χ0v) is 24.7. The highest BCUT2D eigenvalue weighted by Crippen LogP contribution is 2.60. The van der Waals surface area contributed by atoms with Gasteiger partial charge in [-0.3, -0.25) is 14.4 Å². The number of aliphatic hydroxyl groups excluding tert-OH is 1. The van der Waals surface area contributed by atoms with Crippen molar-refractivity contribution >= 4 is 33.7 Å². The number of carbonyl (C=O) groups is 3. The molecule has 3 heterocycles. The van der Waals surface area contributed by atoms with Crippen molar-refractivity contribution in [3.05, 3.63) is 25.3 Å². The van der Waals surface area contributed by atoms with Crippen LogP contribution in [0.4, 0.5) is 0 Å². The second-order valence-corrected chi connectivity index (χ2v) is 12.0. The molecule has 1 N–H and O–H groups in total. The number of halogens is 1. The third-order valence-electron chi connectivity index (χ3n) is 8.21. The van der Waals surface area contributed by atoms with E-state index >= 15 is 0 Å². The van der Waals surface area contributed by atoms with E-state index in [-0.39, 0.29) is 29.2 Å². The first-order valence-corrected chi connectivity index (χ1v) is 15.3. The van der Waals surface area contributed by atoms with E-state index < -0.39 is 29.6 Å². The second kappa shape index (κ2) is 14.1. The molecule has 38 heavy (non-hydrogen) atoms. The quantitative estimate of drug-likeness (QED) is 0.158. The first kappa shape index (κ1) is 30.8. The lowest BCUT2D eigenvalue weighted by Gasteiger charge is -2.37. The number of nitrogens with zero attached hydrogens (tertiary/aromatic N) is 3. The number of amides is 3. The molecule has 6 atom stereocenters. The van der Waals surface area contributed by atoms with Crippen LogP contribution in [0, 0.1) is 11.8 Å². The first-order chi connectivity index (χ1) is 18.3. The number of hydrogen-bond acceptors (Lipinski definition) is 5. The minimum atomic E-state index is -1.03. The topological polar surface area (TPSA) is 90.4 Å². The summed E-state index contributed by atoms with van der Waals surface area (Å²) in [5, 5.41) is 9.14. The summed E-state index contributed by atoms with van der Waals surface area (Å²) in [7, 11) is 0. The highest BCUT2D eigenvalue weighted by Gasteiger charge is 2.76. The Morgan fingerprint density at radius 2 is 1.71 bits per heavy atom. The number of rotatable bonds is 17. The van der Waals surface area contributed by atoms with Crippen molar-refractivity contribution in [3.8, 4) is 0 Å². The Balaban J connectivity index is 1.99. The van der Waals surface area contributed by atoms with Crippen LogP contribution in [0.2, 0.25) is 0 Å². The molecule has 9 heteroatoms. The van der Waals surface area contributed by atoms with Crippen LogP contribution in [0.5, 0.6) is 0 Å². The van der Waals surface area contributed by atoms with Crippen LogP contribution < -0.4 is 0 Å². The van der Waals surface area contributed by atoms with Crippen LogP contribution in [0.15, 0.2) is 25.3 Å². The molecule has 3 aliphatic rings. The van der Waals surface area contributed by atoms with Crippen molar-refractivity contribution in [1.82, 2.24) is 14.7 Å². The minimum Gasteiger partial charge on any atom is -0.396 e. The SMILES string of the molecule is C=CCN(CCCC)C(=O)C1N(CCCCCCO)C(=O)[C@@H]2[C@H](C(=O)N(CC=C)CCC)[C@H]3OC12CC3Br. The molecular weight excluding hydrogens is 550 g/mol. The van der Waals surface area contributed by atoms with E-state index in [4.69, 9.17) is 9.84 Å². The second-order valence-electron chi connectivity index (χ2n) is 10.8. The molecule has 0 radical (unpaired) electrons. The highest BCUT2D eigenvalue weighted by molar-refractivity contribution is 9.09. The van der Waals surface area contributed by atoms with Crippen molar-refractivity contribution in [2.75, 3.05) is 39.3 Å². The Hall–Kier alpha value is -1.71. The molecule has 1 spiro atoms. The standard InChI is InChI=1S/C29H46BrN3O5/c1-5-9-17-32(16-8-4)28(37)25-29-20-21(30)24(38-29)22(26(35)31(14-6-2)15-7-3)23(29)27(36)33(25)18-12-10-11-13-19-34/h6,8,21-25,34H,2,4-5,7,9-20H2,1,3H3/t21?,22-,23-,24-,25?,29?/m0/s1. The van der Waals surface area contributed by atoms with Gasteiger partial charge in [0.05, 0.1) is 17.9 Å². The molecule has 3 aliphatic heterocycles. The number of aliphatic hydroxyl groups is 1. The Labute approximate surface area is 236 Å². The van der Waals surface area contributed by atoms with Gasteiger partial charge < -0.3 is 24.5 Å². The summed E-state index contributed by atoms with van der Waals surface area (Å²) < 4.78 is 6.66. The Kier molecular flexibility index (Phi) is 11.4. The molecule has 0 aromatic heterocycles. The summed E-state index contributed by atoms with van der Waals surface area (Å²) in [4.78, 5) is 47.5. The van der Waals surface area contributed by atoms with E-state index in [0.717, 1.165) is 44.9 Å². The lowest BCUT2D eigenvalue weighted by molar-refractivity contribution is -0.148. The normalized spacial score (nSPS) is 29.4. The summed E-state index contributed by atoms with van der Waals surface area (Å²) in [5.41, 5.74) is -1.03. The molecule has 3 fully saturated rings. The summed E-state index contributed by atoms with van der Waals surface area (Å²) >= 11 is 3.76. The summed E-state index contributed by atoms with van der Waals surface area (Å²) in [6, 6.07) is -0.767. The van der Waals surface area contributed by atoms with Gasteiger partial charge in [-0.25, -0.2) is 0 Å². The summed E-state index contributed by atoms with van der Waals surface area (Å²) in [5.74, 6) is -1.66. The van der Waals surface area contributed by atoms with Crippen LogP contribution in [-0.2, 0) is 19.1 Å². The molecule has 3 unspecified atom stereocenters. The molecule has 0 saturated carbocycles. The van der Waals surface area contributed by atoms with Gasteiger partial charge in [-0.05, 0) is 32.1 Å². The average molecular weight is 597 g/mol. The fourth-order valence-electron chi connectivity index (χ4n) is 6.58. The zero-order chi connectivity index (χ0) is 27.9. The van der Waals surface area contributed by atoms with Crippen molar-refractivity contribution < 1.29 is 24.2 Å². The van der Waals surface area contributed by atoms with Crippen LogP contribution in [0.3, 0.4) is 0 Å². The molecule has 2 bridgehead atoms. The minimum absolute atomic E-state index is 0.0916. The molecule has 3 amide bonds. The molecular formula is C29H46BrN3O5. The molecule has 0 aromatic carbocycles. The Morgan fingerprint density at radius 1 is 1.05 bits per heavy atom.